The molecule has 0 aliphatic rings. The Labute approximate surface area is 113 Å². The second-order valence-corrected chi connectivity index (χ2v) is 6.41. The van der Waals surface area contributed by atoms with Gasteiger partial charge < -0.3 is 9.88 Å². The molecule has 0 saturated heterocycles. The minimum atomic E-state index is 0.412. The molecule has 0 aliphatic heterocycles. The van der Waals surface area contributed by atoms with Crippen LogP contribution in [0.2, 0.25) is 0 Å². The van der Waals surface area contributed by atoms with E-state index in [2.05, 4.69) is 63.0 Å². The van der Waals surface area contributed by atoms with Gasteiger partial charge in [0.25, 0.3) is 0 Å². The number of aryl methyl sites for hydroxylation is 1. The highest BCUT2D eigenvalue weighted by Crippen LogP contribution is 2.21. The largest absolute Gasteiger partial charge is 0.354 e. The van der Waals surface area contributed by atoms with Gasteiger partial charge in [0.2, 0.25) is 0 Å². The van der Waals surface area contributed by atoms with Crippen LogP contribution in [0.1, 0.15) is 65.5 Å². The summed E-state index contributed by atoms with van der Waals surface area (Å²) in [6.07, 6.45) is 8.10. The first kappa shape index (κ1) is 15.3. The summed E-state index contributed by atoms with van der Waals surface area (Å²) in [6.45, 7) is 13.6. The van der Waals surface area contributed by atoms with Crippen LogP contribution in [0.4, 0.5) is 0 Å². The van der Waals surface area contributed by atoms with Crippen LogP contribution in [0, 0.1) is 5.41 Å². The highest BCUT2D eigenvalue weighted by Gasteiger charge is 2.12. The molecule has 0 fully saturated rings. The lowest BCUT2D eigenvalue weighted by Gasteiger charge is -2.18. The highest BCUT2D eigenvalue weighted by molar-refractivity contribution is 5.15. The molecular formula is C16H30N2. The first-order chi connectivity index (χ1) is 8.46. The van der Waals surface area contributed by atoms with E-state index in [1.807, 2.05) is 0 Å². The van der Waals surface area contributed by atoms with Gasteiger partial charge in [-0.3, -0.25) is 0 Å². The van der Waals surface area contributed by atoms with Gasteiger partial charge in [0, 0.05) is 25.0 Å². The van der Waals surface area contributed by atoms with Gasteiger partial charge in [0.05, 0.1) is 0 Å². The molecule has 0 aromatic carbocycles. The van der Waals surface area contributed by atoms with Crippen LogP contribution in [0.25, 0.3) is 0 Å². The number of aromatic nitrogens is 1. The number of nitrogens with one attached hydrogen (secondary N) is 1. The number of hydrogen-bond acceptors (Lipinski definition) is 1. The normalized spacial score (nSPS) is 13.8. The van der Waals surface area contributed by atoms with Crippen LogP contribution >= 0.6 is 0 Å². The van der Waals surface area contributed by atoms with E-state index in [0.29, 0.717) is 11.5 Å². The maximum atomic E-state index is 3.61. The van der Waals surface area contributed by atoms with Crippen LogP contribution in [0.3, 0.4) is 0 Å². The molecule has 1 atom stereocenters. The molecule has 1 aromatic rings. The summed E-state index contributed by atoms with van der Waals surface area (Å²) < 4.78 is 2.33. The van der Waals surface area contributed by atoms with Gasteiger partial charge in [-0.2, -0.15) is 0 Å². The summed E-state index contributed by atoms with van der Waals surface area (Å²) >= 11 is 0. The van der Waals surface area contributed by atoms with Crippen molar-refractivity contribution in [2.45, 2.75) is 66.5 Å². The van der Waals surface area contributed by atoms with Gasteiger partial charge in [0.15, 0.2) is 0 Å². The number of hydrogen-bond donors (Lipinski definition) is 1. The fourth-order valence-corrected chi connectivity index (χ4v) is 2.09. The zero-order valence-electron chi connectivity index (χ0n) is 12.8. The van der Waals surface area contributed by atoms with Gasteiger partial charge >= 0.3 is 0 Å². The third kappa shape index (κ3) is 5.26. The maximum absolute atomic E-state index is 3.61. The summed E-state index contributed by atoms with van der Waals surface area (Å²) in [5, 5.41) is 3.61. The molecule has 1 aromatic heterocycles. The summed E-state index contributed by atoms with van der Waals surface area (Å²) in [5.74, 6) is 0. The standard InChI is InChI=1S/C16H30N2/c1-6-10-17-15(7-2)14-8-11-18(13-14)12-9-16(3,4)5/h8,11,13,15,17H,6-7,9-10,12H2,1-5H3. The molecule has 1 heterocycles. The van der Waals surface area contributed by atoms with E-state index in [1.165, 1.54) is 18.4 Å². The molecular weight excluding hydrogens is 220 g/mol. The van der Waals surface area contributed by atoms with Crippen molar-refractivity contribution in [1.29, 1.82) is 0 Å². The Kier molecular flexibility index (Phi) is 5.94. The van der Waals surface area contributed by atoms with Crippen molar-refractivity contribution in [3.05, 3.63) is 24.0 Å². The van der Waals surface area contributed by atoms with Crippen molar-refractivity contribution in [3.63, 3.8) is 0 Å². The molecule has 0 aliphatic carbocycles. The second-order valence-electron chi connectivity index (χ2n) is 6.41. The van der Waals surface area contributed by atoms with E-state index >= 15 is 0 Å². The summed E-state index contributed by atoms with van der Waals surface area (Å²) in [4.78, 5) is 0. The van der Waals surface area contributed by atoms with E-state index in [-0.39, 0.29) is 0 Å². The molecule has 18 heavy (non-hydrogen) atoms. The minimum Gasteiger partial charge on any atom is -0.354 e. The second kappa shape index (κ2) is 6.98. The van der Waals surface area contributed by atoms with Gasteiger partial charge in [-0.05, 0) is 42.9 Å². The smallest absolute Gasteiger partial charge is 0.0332 e. The lowest BCUT2D eigenvalue weighted by molar-refractivity contribution is 0.350. The van der Waals surface area contributed by atoms with Crippen molar-refractivity contribution in [2.75, 3.05) is 6.54 Å². The summed E-state index contributed by atoms with van der Waals surface area (Å²) in [5.41, 5.74) is 1.84. The molecule has 0 amide bonds. The monoisotopic (exact) mass is 250 g/mol. The SMILES string of the molecule is CCCNC(CC)c1ccn(CCC(C)(C)C)c1. The Morgan fingerprint density at radius 3 is 2.56 bits per heavy atom. The molecule has 2 heteroatoms. The molecule has 1 N–H and O–H groups in total. The average Bonchev–Trinajstić information content (AvgIpc) is 2.75. The zero-order chi connectivity index (χ0) is 13.6. The van der Waals surface area contributed by atoms with E-state index < -0.39 is 0 Å². The highest BCUT2D eigenvalue weighted by atomic mass is 15.0. The van der Waals surface area contributed by atoms with Gasteiger partial charge in [0.1, 0.15) is 0 Å². The Morgan fingerprint density at radius 1 is 1.28 bits per heavy atom. The van der Waals surface area contributed by atoms with E-state index in [1.54, 1.807) is 0 Å². The Hall–Kier alpha value is -0.760. The topological polar surface area (TPSA) is 17.0 Å². The predicted octanol–water partition coefficient (Wildman–Crippen LogP) is 4.38. The lowest BCUT2D eigenvalue weighted by Crippen LogP contribution is -2.21. The molecule has 2 nitrogen and oxygen atoms in total. The van der Waals surface area contributed by atoms with Gasteiger partial charge in [-0.1, -0.05) is 34.6 Å². The summed E-state index contributed by atoms with van der Waals surface area (Å²) in [7, 11) is 0. The Balaban J connectivity index is 2.55. The van der Waals surface area contributed by atoms with Gasteiger partial charge in [-0.15, -0.1) is 0 Å². The summed E-state index contributed by atoms with van der Waals surface area (Å²) in [6, 6.07) is 2.78. The zero-order valence-corrected chi connectivity index (χ0v) is 12.8. The van der Waals surface area contributed by atoms with Crippen LogP contribution < -0.4 is 5.32 Å². The quantitative estimate of drug-likeness (QED) is 0.760. The van der Waals surface area contributed by atoms with Crippen molar-refractivity contribution >= 4 is 0 Å². The molecule has 0 saturated carbocycles. The van der Waals surface area contributed by atoms with Crippen molar-refractivity contribution in [1.82, 2.24) is 9.88 Å². The third-order valence-electron chi connectivity index (χ3n) is 3.34. The first-order valence-corrected chi connectivity index (χ1v) is 7.35. The van der Waals surface area contributed by atoms with Crippen LogP contribution in [0.15, 0.2) is 18.5 Å². The molecule has 0 radical (unpaired) electrons. The average molecular weight is 250 g/mol. The lowest BCUT2D eigenvalue weighted by atomic mass is 9.92. The number of rotatable bonds is 7. The van der Waals surface area contributed by atoms with Crippen LogP contribution in [0.5, 0.6) is 0 Å². The molecule has 0 spiro atoms. The van der Waals surface area contributed by atoms with E-state index in [9.17, 15) is 0 Å². The van der Waals surface area contributed by atoms with E-state index in [0.717, 1.165) is 19.5 Å². The molecule has 104 valence electrons. The third-order valence-corrected chi connectivity index (χ3v) is 3.34. The maximum Gasteiger partial charge on any atom is 0.0332 e. The molecule has 1 unspecified atom stereocenters. The fourth-order valence-electron chi connectivity index (χ4n) is 2.09. The first-order valence-electron chi connectivity index (χ1n) is 7.35. The van der Waals surface area contributed by atoms with Gasteiger partial charge in [-0.25, -0.2) is 0 Å². The van der Waals surface area contributed by atoms with Crippen LogP contribution in [-0.2, 0) is 6.54 Å². The molecule has 1 rings (SSSR count). The fraction of sp³-hybridized carbons (Fsp3) is 0.750. The molecule has 0 bridgehead atoms. The minimum absolute atomic E-state index is 0.412. The van der Waals surface area contributed by atoms with Crippen molar-refractivity contribution in [2.24, 2.45) is 5.41 Å². The predicted molar refractivity (Wildman–Crippen MR) is 79.8 cm³/mol. The number of nitrogens with zero attached hydrogens (tertiary/aromatic N) is 1. The van der Waals surface area contributed by atoms with Crippen molar-refractivity contribution in [3.8, 4) is 0 Å². The Bertz CT molecular complexity index is 333. The van der Waals surface area contributed by atoms with E-state index in [4.69, 9.17) is 0 Å². The van der Waals surface area contributed by atoms with Crippen LogP contribution in [-0.4, -0.2) is 11.1 Å². The van der Waals surface area contributed by atoms with Crippen molar-refractivity contribution < 1.29 is 0 Å². The Morgan fingerprint density at radius 2 is 2.00 bits per heavy atom.